The van der Waals surface area contributed by atoms with Crippen LogP contribution in [0.1, 0.15) is 26.7 Å². The summed E-state index contributed by atoms with van der Waals surface area (Å²) >= 11 is 1.80. The Balaban J connectivity index is 1.74. The Morgan fingerprint density at radius 2 is 1.45 bits per heavy atom. The maximum Gasteiger partial charge on any atom is 0.251 e. The molecule has 0 spiro atoms. The van der Waals surface area contributed by atoms with Crippen LogP contribution in [0.25, 0.3) is 0 Å². The fourth-order valence-corrected chi connectivity index (χ4v) is 4.35. The number of thioether (sulfide) groups is 1. The van der Waals surface area contributed by atoms with Gasteiger partial charge in [0.2, 0.25) is 5.75 Å². The van der Waals surface area contributed by atoms with E-state index in [9.17, 15) is 4.79 Å². The Morgan fingerprint density at radius 1 is 0.871 bits per heavy atom. The molecule has 0 aromatic heterocycles. The van der Waals surface area contributed by atoms with Gasteiger partial charge in [-0.2, -0.15) is 0 Å². The second-order valence-electron chi connectivity index (χ2n) is 6.82. The molecule has 3 rings (SSSR count). The van der Waals surface area contributed by atoms with Crippen molar-refractivity contribution < 1.29 is 19.0 Å². The number of rotatable bonds is 10. The van der Waals surface area contributed by atoms with Crippen LogP contribution in [0, 0.1) is 0 Å². The third-order valence-corrected chi connectivity index (χ3v) is 6.18. The Hall–Kier alpha value is -3.12. The predicted octanol–water partition coefficient (Wildman–Crippen LogP) is 5.12. The van der Waals surface area contributed by atoms with Crippen LogP contribution in [0.3, 0.4) is 0 Å². The van der Waals surface area contributed by atoms with E-state index in [2.05, 4.69) is 29.6 Å². The minimum atomic E-state index is -0.194. The van der Waals surface area contributed by atoms with Crippen LogP contribution in [-0.4, -0.2) is 33.8 Å². The lowest BCUT2D eigenvalue weighted by atomic mass is 10.1. The molecule has 0 saturated heterocycles. The second kappa shape index (κ2) is 11.3. The van der Waals surface area contributed by atoms with Crippen molar-refractivity contribution in [2.45, 2.75) is 11.0 Å². The van der Waals surface area contributed by atoms with Crippen LogP contribution in [0.15, 0.2) is 72.8 Å². The van der Waals surface area contributed by atoms with Gasteiger partial charge in [-0.25, -0.2) is 0 Å². The Labute approximate surface area is 187 Å². The lowest BCUT2D eigenvalue weighted by molar-refractivity contribution is 0.0953. The molecular formula is C25H27NO4S. The van der Waals surface area contributed by atoms with E-state index in [0.717, 1.165) is 5.75 Å². The molecule has 3 aromatic rings. The summed E-state index contributed by atoms with van der Waals surface area (Å²) in [5.74, 6) is 2.03. The first-order chi connectivity index (χ1) is 15.2. The maximum absolute atomic E-state index is 12.9. The number of carbonyl (C=O) groups excluding carboxylic acids is 1. The molecule has 0 bridgehead atoms. The van der Waals surface area contributed by atoms with Gasteiger partial charge in [0.25, 0.3) is 5.91 Å². The van der Waals surface area contributed by atoms with E-state index in [0.29, 0.717) is 29.4 Å². The van der Waals surface area contributed by atoms with E-state index in [1.807, 2.05) is 36.4 Å². The smallest absolute Gasteiger partial charge is 0.251 e. The van der Waals surface area contributed by atoms with Gasteiger partial charge in [-0.1, -0.05) is 60.7 Å². The summed E-state index contributed by atoms with van der Waals surface area (Å²) in [4.78, 5) is 12.9. The van der Waals surface area contributed by atoms with Crippen molar-refractivity contribution in [2.75, 3.05) is 27.9 Å². The third kappa shape index (κ3) is 5.95. The van der Waals surface area contributed by atoms with Gasteiger partial charge in [0.15, 0.2) is 11.5 Å². The second-order valence-corrected chi connectivity index (χ2v) is 8.01. The number of hydrogen-bond acceptors (Lipinski definition) is 5. The SMILES string of the molecule is COc1cc(C(=O)NCC(SCc2ccccc2)c2ccccc2)cc(OC)c1OC. The fourth-order valence-electron chi connectivity index (χ4n) is 3.21. The van der Waals surface area contributed by atoms with Crippen LogP contribution in [0.4, 0.5) is 0 Å². The first-order valence-corrected chi connectivity index (χ1v) is 11.0. The zero-order valence-electron chi connectivity index (χ0n) is 18.0. The number of nitrogens with one attached hydrogen (secondary N) is 1. The molecular weight excluding hydrogens is 410 g/mol. The van der Waals surface area contributed by atoms with E-state index in [-0.39, 0.29) is 11.2 Å². The number of benzene rings is 3. The van der Waals surface area contributed by atoms with Crippen LogP contribution in [-0.2, 0) is 5.75 Å². The molecule has 0 fully saturated rings. The molecule has 5 nitrogen and oxygen atoms in total. The third-order valence-electron chi connectivity index (χ3n) is 4.84. The van der Waals surface area contributed by atoms with Gasteiger partial charge in [-0.05, 0) is 23.3 Å². The van der Waals surface area contributed by atoms with Crippen LogP contribution in [0.2, 0.25) is 0 Å². The topological polar surface area (TPSA) is 56.8 Å². The molecule has 1 N–H and O–H groups in total. The molecule has 31 heavy (non-hydrogen) atoms. The first-order valence-electron chi connectivity index (χ1n) is 9.95. The summed E-state index contributed by atoms with van der Waals surface area (Å²) in [5, 5.41) is 3.18. The lowest BCUT2D eigenvalue weighted by Crippen LogP contribution is -2.27. The summed E-state index contributed by atoms with van der Waals surface area (Å²) in [7, 11) is 4.60. The fraction of sp³-hybridized carbons (Fsp3) is 0.240. The Kier molecular flexibility index (Phi) is 8.24. The first kappa shape index (κ1) is 22.6. The van der Waals surface area contributed by atoms with Crippen LogP contribution >= 0.6 is 11.8 Å². The van der Waals surface area contributed by atoms with Gasteiger partial charge < -0.3 is 19.5 Å². The number of amides is 1. The van der Waals surface area contributed by atoms with E-state index in [1.165, 1.54) is 32.5 Å². The normalized spacial score (nSPS) is 11.5. The van der Waals surface area contributed by atoms with Crippen molar-refractivity contribution in [3.05, 3.63) is 89.5 Å². The highest BCUT2D eigenvalue weighted by Crippen LogP contribution is 2.38. The van der Waals surface area contributed by atoms with E-state index >= 15 is 0 Å². The standard InChI is InChI=1S/C25H27NO4S/c1-28-21-14-20(15-22(29-2)24(21)30-3)25(27)26-16-23(19-12-8-5-9-13-19)31-17-18-10-6-4-7-11-18/h4-15,23H,16-17H2,1-3H3,(H,26,27). The van der Waals surface area contributed by atoms with E-state index in [4.69, 9.17) is 14.2 Å². The summed E-state index contributed by atoms with van der Waals surface area (Å²) < 4.78 is 16.1. The predicted molar refractivity (Wildman–Crippen MR) is 125 cm³/mol. The minimum Gasteiger partial charge on any atom is -0.493 e. The van der Waals surface area contributed by atoms with Gasteiger partial charge in [-0.3, -0.25) is 4.79 Å². The number of carbonyl (C=O) groups is 1. The van der Waals surface area contributed by atoms with Gasteiger partial charge in [0.05, 0.1) is 21.3 Å². The molecule has 162 valence electrons. The van der Waals surface area contributed by atoms with Crippen LogP contribution in [0.5, 0.6) is 17.2 Å². The molecule has 0 aliphatic carbocycles. The summed E-state index contributed by atoms with van der Waals surface area (Å²) in [6.45, 7) is 0.497. The van der Waals surface area contributed by atoms with Crippen molar-refractivity contribution in [3.63, 3.8) is 0 Å². The van der Waals surface area contributed by atoms with Gasteiger partial charge in [0.1, 0.15) is 0 Å². The molecule has 3 aromatic carbocycles. The van der Waals surface area contributed by atoms with Gasteiger partial charge >= 0.3 is 0 Å². The molecule has 0 aliphatic rings. The van der Waals surface area contributed by atoms with Gasteiger partial charge in [0, 0.05) is 23.1 Å². The average Bonchev–Trinajstić information content (AvgIpc) is 2.84. The molecule has 6 heteroatoms. The van der Waals surface area contributed by atoms with Crippen molar-refractivity contribution in [2.24, 2.45) is 0 Å². The molecule has 1 unspecified atom stereocenters. The highest BCUT2D eigenvalue weighted by molar-refractivity contribution is 7.98. The Morgan fingerprint density at radius 3 is 2.00 bits per heavy atom. The molecule has 1 amide bonds. The molecule has 0 heterocycles. The molecule has 0 saturated carbocycles. The quantitative estimate of drug-likeness (QED) is 0.477. The Bertz CT molecular complexity index is 954. The van der Waals surface area contributed by atoms with Crippen molar-refractivity contribution >= 4 is 17.7 Å². The maximum atomic E-state index is 12.9. The molecule has 0 aliphatic heterocycles. The summed E-state index contributed by atoms with van der Waals surface area (Å²) in [5.41, 5.74) is 2.88. The monoisotopic (exact) mass is 437 g/mol. The summed E-state index contributed by atoms with van der Waals surface area (Å²) in [6.07, 6.45) is 0. The highest BCUT2D eigenvalue weighted by atomic mass is 32.2. The van der Waals surface area contributed by atoms with Crippen LogP contribution < -0.4 is 19.5 Å². The molecule has 0 radical (unpaired) electrons. The minimum absolute atomic E-state index is 0.118. The zero-order chi connectivity index (χ0) is 22.1. The molecule has 1 atom stereocenters. The highest BCUT2D eigenvalue weighted by Gasteiger charge is 2.19. The van der Waals surface area contributed by atoms with E-state index < -0.39 is 0 Å². The number of methoxy groups -OCH3 is 3. The van der Waals surface area contributed by atoms with E-state index in [1.54, 1.807) is 23.9 Å². The van der Waals surface area contributed by atoms with Crippen molar-refractivity contribution in [1.29, 1.82) is 0 Å². The summed E-state index contributed by atoms with van der Waals surface area (Å²) in [6, 6.07) is 23.9. The number of hydrogen-bond donors (Lipinski definition) is 1. The van der Waals surface area contributed by atoms with Gasteiger partial charge in [-0.15, -0.1) is 11.8 Å². The number of ether oxygens (including phenoxy) is 3. The lowest BCUT2D eigenvalue weighted by Gasteiger charge is -2.19. The van der Waals surface area contributed by atoms with Crippen molar-refractivity contribution in [1.82, 2.24) is 5.32 Å². The van der Waals surface area contributed by atoms with Crippen molar-refractivity contribution in [3.8, 4) is 17.2 Å². The largest absolute Gasteiger partial charge is 0.493 e. The zero-order valence-corrected chi connectivity index (χ0v) is 18.8. The average molecular weight is 438 g/mol.